The van der Waals surface area contributed by atoms with Gasteiger partial charge in [-0.25, -0.2) is 0 Å². The van der Waals surface area contributed by atoms with Gasteiger partial charge in [0, 0.05) is 30.9 Å². The third-order valence-electron chi connectivity index (χ3n) is 5.73. The SMILES string of the molecule is CCNC(=O)c1ccc(C)c(-n2ccc3ccc(OCCN(CC)C(C)C)cc3c2=O)c1. The first-order valence-electron chi connectivity index (χ1n) is 11.3. The molecule has 0 saturated heterocycles. The minimum atomic E-state index is -0.152. The van der Waals surface area contributed by atoms with Gasteiger partial charge >= 0.3 is 0 Å². The normalized spacial score (nSPS) is 11.3. The van der Waals surface area contributed by atoms with Crippen molar-refractivity contribution in [2.24, 2.45) is 0 Å². The van der Waals surface area contributed by atoms with Gasteiger partial charge in [-0.05, 0) is 75.5 Å². The molecule has 0 bridgehead atoms. The van der Waals surface area contributed by atoms with Gasteiger partial charge in [-0.2, -0.15) is 0 Å². The van der Waals surface area contributed by atoms with E-state index in [-0.39, 0.29) is 11.5 Å². The number of carbonyl (C=O) groups is 1. The van der Waals surface area contributed by atoms with E-state index in [1.807, 2.05) is 44.2 Å². The molecule has 0 aliphatic carbocycles. The maximum atomic E-state index is 13.4. The summed E-state index contributed by atoms with van der Waals surface area (Å²) in [5.41, 5.74) is 2.01. The zero-order valence-electron chi connectivity index (χ0n) is 19.6. The number of nitrogens with one attached hydrogen (secondary N) is 1. The van der Waals surface area contributed by atoms with Gasteiger partial charge in [-0.3, -0.25) is 19.1 Å². The number of likely N-dealkylation sites (N-methyl/N-ethyl adjacent to an activating group) is 1. The van der Waals surface area contributed by atoms with Crippen molar-refractivity contribution >= 4 is 16.7 Å². The predicted octanol–water partition coefficient (Wildman–Crippen LogP) is 4.16. The number of hydrogen-bond acceptors (Lipinski definition) is 4. The van der Waals surface area contributed by atoms with Crippen molar-refractivity contribution in [3.63, 3.8) is 0 Å². The first-order valence-corrected chi connectivity index (χ1v) is 11.3. The lowest BCUT2D eigenvalue weighted by Crippen LogP contribution is -2.34. The van der Waals surface area contributed by atoms with Crippen LogP contribution >= 0.6 is 0 Å². The second-order valence-corrected chi connectivity index (χ2v) is 8.17. The van der Waals surface area contributed by atoms with Gasteiger partial charge in [-0.15, -0.1) is 0 Å². The predicted molar refractivity (Wildman–Crippen MR) is 130 cm³/mol. The summed E-state index contributed by atoms with van der Waals surface area (Å²) >= 11 is 0. The lowest BCUT2D eigenvalue weighted by atomic mass is 10.1. The van der Waals surface area contributed by atoms with E-state index < -0.39 is 0 Å². The Bertz CT molecular complexity index is 1150. The molecule has 6 nitrogen and oxygen atoms in total. The highest BCUT2D eigenvalue weighted by atomic mass is 16.5. The number of carbonyl (C=O) groups excluding carboxylic acids is 1. The van der Waals surface area contributed by atoms with E-state index in [1.54, 1.807) is 22.9 Å². The van der Waals surface area contributed by atoms with Gasteiger partial charge < -0.3 is 10.1 Å². The van der Waals surface area contributed by atoms with Crippen molar-refractivity contribution in [1.29, 1.82) is 0 Å². The van der Waals surface area contributed by atoms with Crippen molar-refractivity contribution in [2.75, 3.05) is 26.2 Å². The maximum Gasteiger partial charge on any atom is 0.263 e. The van der Waals surface area contributed by atoms with Gasteiger partial charge in [0.25, 0.3) is 11.5 Å². The molecule has 2 aromatic carbocycles. The van der Waals surface area contributed by atoms with Crippen LogP contribution in [-0.2, 0) is 0 Å². The molecular weight excluding hydrogens is 402 g/mol. The Morgan fingerprint density at radius 3 is 2.59 bits per heavy atom. The minimum absolute atomic E-state index is 0.138. The Balaban J connectivity index is 1.92. The molecule has 1 heterocycles. The first-order chi connectivity index (χ1) is 15.3. The third kappa shape index (κ3) is 5.19. The van der Waals surface area contributed by atoms with E-state index in [2.05, 4.69) is 31.0 Å². The molecule has 0 atom stereocenters. The van der Waals surface area contributed by atoms with E-state index in [9.17, 15) is 9.59 Å². The number of fused-ring (bicyclic) bond motifs is 1. The fourth-order valence-electron chi connectivity index (χ4n) is 3.83. The van der Waals surface area contributed by atoms with Crippen LogP contribution in [0.2, 0.25) is 0 Å². The van der Waals surface area contributed by atoms with Crippen LogP contribution in [0.1, 0.15) is 43.6 Å². The topological polar surface area (TPSA) is 63.6 Å². The summed E-state index contributed by atoms with van der Waals surface area (Å²) in [6, 6.07) is 13.4. The Kier molecular flexibility index (Phi) is 7.70. The van der Waals surface area contributed by atoms with E-state index in [4.69, 9.17) is 4.74 Å². The molecule has 1 aromatic heterocycles. The molecule has 0 radical (unpaired) electrons. The Morgan fingerprint density at radius 1 is 1.12 bits per heavy atom. The summed E-state index contributed by atoms with van der Waals surface area (Å²) in [6.07, 6.45) is 1.76. The minimum Gasteiger partial charge on any atom is -0.492 e. The zero-order valence-corrected chi connectivity index (χ0v) is 19.6. The van der Waals surface area contributed by atoms with Crippen molar-refractivity contribution in [1.82, 2.24) is 14.8 Å². The average Bonchev–Trinajstić information content (AvgIpc) is 2.78. The molecule has 3 aromatic rings. The molecule has 0 spiro atoms. The molecule has 1 N–H and O–H groups in total. The Labute approximate surface area is 189 Å². The number of ether oxygens (including phenoxy) is 1. The summed E-state index contributed by atoms with van der Waals surface area (Å²) in [5, 5.41) is 4.25. The number of aryl methyl sites for hydroxylation is 1. The molecule has 0 fully saturated rings. The molecule has 0 unspecified atom stereocenters. The molecule has 32 heavy (non-hydrogen) atoms. The van der Waals surface area contributed by atoms with Crippen LogP contribution in [0.5, 0.6) is 5.75 Å². The van der Waals surface area contributed by atoms with Gasteiger partial charge in [0.2, 0.25) is 0 Å². The number of pyridine rings is 1. The highest BCUT2D eigenvalue weighted by molar-refractivity contribution is 5.95. The van der Waals surface area contributed by atoms with E-state index in [1.165, 1.54) is 0 Å². The van der Waals surface area contributed by atoms with Crippen LogP contribution in [0, 0.1) is 6.92 Å². The number of rotatable bonds is 9. The molecule has 170 valence electrons. The number of amides is 1. The van der Waals surface area contributed by atoms with Crippen LogP contribution in [0.25, 0.3) is 16.5 Å². The van der Waals surface area contributed by atoms with Crippen LogP contribution < -0.4 is 15.6 Å². The van der Waals surface area contributed by atoms with Gasteiger partial charge in [0.05, 0.1) is 11.1 Å². The van der Waals surface area contributed by atoms with Crippen molar-refractivity contribution in [2.45, 2.75) is 40.7 Å². The molecule has 0 aliphatic heterocycles. The molecule has 6 heteroatoms. The Morgan fingerprint density at radius 2 is 1.91 bits per heavy atom. The van der Waals surface area contributed by atoms with E-state index in [0.29, 0.717) is 41.6 Å². The summed E-state index contributed by atoms with van der Waals surface area (Å²) < 4.78 is 7.55. The maximum absolute atomic E-state index is 13.4. The number of benzene rings is 2. The quantitative estimate of drug-likeness (QED) is 0.548. The number of aromatic nitrogens is 1. The van der Waals surface area contributed by atoms with Crippen LogP contribution in [0.4, 0.5) is 0 Å². The van der Waals surface area contributed by atoms with E-state index in [0.717, 1.165) is 24.0 Å². The number of hydrogen-bond donors (Lipinski definition) is 1. The highest BCUT2D eigenvalue weighted by Gasteiger charge is 2.12. The summed E-state index contributed by atoms with van der Waals surface area (Å²) in [5.74, 6) is 0.528. The van der Waals surface area contributed by atoms with Gasteiger partial charge in [0.1, 0.15) is 12.4 Å². The standard InChI is InChI=1S/C26H33N3O3/c1-6-27-25(30)21-9-8-19(5)24(16-21)29-13-12-20-10-11-22(17-23(20)26(29)31)32-15-14-28(7-2)18(3)4/h8-13,16-18H,6-7,14-15H2,1-5H3,(H,27,30). The monoisotopic (exact) mass is 435 g/mol. The second kappa shape index (κ2) is 10.5. The van der Waals surface area contributed by atoms with E-state index >= 15 is 0 Å². The smallest absolute Gasteiger partial charge is 0.263 e. The molecule has 1 amide bonds. The fourth-order valence-corrected chi connectivity index (χ4v) is 3.83. The fraction of sp³-hybridized carbons (Fsp3) is 0.385. The molecule has 0 aliphatic rings. The van der Waals surface area contributed by atoms with Crippen LogP contribution in [-0.4, -0.2) is 47.7 Å². The lowest BCUT2D eigenvalue weighted by molar-refractivity contribution is 0.0956. The summed E-state index contributed by atoms with van der Waals surface area (Å²) in [4.78, 5) is 28.0. The zero-order chi connectivity index (χ0) is 23.3. The van der Waals surface area contributed by atoms with Crippen molar-refractivity contribution in [3.8, 4) is 11.4 Å². The van der Waals surface area contributed by atoms with Crippen LogP contribution in [0.3, 0.4) is 0 Å². The van der Waals surface area contributed by atoms with Gasteiger partial charge in [-0.1, -0.05) is 19.1 Å². The summed E-state index contributed by atoms with van der Waals surface area (Å²) in [6.45, 7) is 13.2. The third-order valence-corrected chi connectivity index (χ3v) is 5.73. The van der Waals surface area contributed by atoms with Crippen molar-refractivity contribution < 1.29 is 9.53 Å². The lowest BCUT2D eigenvalue weighted by Gasteiger charge is -2.24. The Hall–Kier alpha value is -3.12. The van der Waals surface area contributed by atoms with Crippen molar-refractivity contribution in [3.05, 3.63) is 70.1 Å². The molecular formula is C26H33N3O3. The summed E-state index contributed by atoms with van der Waals surface area (Å²) in [7, 11) is 0. The first kappa shape index (κ1) is 23.5. The van der Waals surface area contributed by atoms with Crippen LogP contribution in [0.15, 0.2) is 53.5 Å². The average molecular weight is 436 g/mol. The second-order valence-electron chi connectivity index (χ2n) is 8.17. The van der Waals surface area contributed by atoms with Gasteiger partial charge in [0.15, 0.2) is 0 Å². The molecule has 3 rings (SSSR count). The highest BCUT2D eigenvalue weighted by Crippen LogP contribution is 2.21. The number of nitrogens with zero attached hydrogens (tertiary/aromatic N) is 2. The largest absolute Gasteiger partial charge is 0.492 e. The molecule has 0 saturated carbocycles.